The van der Waals surface area contributed by atoms with Crippen LogP contribution in [-0.2, 0) is 20.5 Å². The van der Waals surface area contributed by atoms with Crippen molar-refractivity contribution in [3.8, 4) is 5.75 Å². The molecule has 0 bridgehead atoms. The minimum absolute atomic E-state index is 0.198. The van der Waals surface area contributed by atoms with Crippen molar-refractivity contribution in [2.75, 3.05) is 0 Å². The molecule has 22 heavy (non-hydrogen) atoms. The number of nitrogens with zero attached hydrogens (tertiary/aromatic N) is 1. The minimum atomic E-state index is -4.67. The summed E-state index contributed by atoms with van der Waals surface area (Å²) in [5, 5.41) is 12.5. The highest BCUT2D eigenvalue weighted by Crippen LogP contribution is 2.39. The summed E-state index contributed by atoms with van der Waals surface area (Å²) >= 11 is 5.89. The number of pyridine rings is 1. The molecule has 0 radical (unpaired) electrons. The van der Waals surface area contributed by atoms with E-state index < -0.39 is 20.3 Å². The molecule has 2 rings (SSSR count). The molecule has 0 spiro atoms. The second-order valence-corrected chi connectivity index (χ2v) is 7.21. The Balaban J connectivity index is 2.42. The van der Waals surface area contributed by atoms with Gasteiger partial charge < -0.3 is 20.2 Å². The van der Waals surface area contributed by atoms with E-state index in [0.29, 0.717) is 5.69 Å². The van der Waals surface area contributed by atoms with Gasteiger partial charge >= 0.3 is 7.82 Å². The summed E-state index contributed by atoms with van der Waals surface area (Å²) in [4.78, 5) is 33.3. The standard InChI is InChI=1S/C11H11N2O6PS2/c1-5-9(14)7(2-8-10(15)13-11(21)22-8)6(3-12-5)4-19-20(16,17)18/h2-3,14H,4H2,1H3,(H,13,15,21)(H2,16,17,18)/b8-2+. The summed E-state index contributed by atoms with van der Waals surface area (Å²) in [6.07, 6.45) is 2.69. The average molecular weight is 362 g/mol. The fourth-order valence-corrected chi connectivity index (χ4v) is 2.97. The Morgan fingerprint density at radius 2 is 2.23 bits per heavy atom. The number of aryl methyl sites for hydroxylation is 1. The van der Waals surface area contributed by atoms with Crippen molar-refractivity contribution < 1.29 is 28.8 Å². The van der Waals surface area contributed by atoms with E-state index in [-0.39, 0.29) is 26.1 Å². The van der Waals surface area contributed by atoms with E-state index in [2.05, 4.69) is 14.8 Å². The van der Waals surface area contributed by atoms with Crippen LogP contribution in [0.1, 0.15) is 16.8 Å². The largest absolute Gasteiger partial charge is 0.505 e. The topological polar surface area (TPSA) is 129 Å². The van der Waals surface area contributed by atoms with Gasteiger partial charge in [0.2, 0.25) is 0 Å². The van der Waals surface area contributed by atoms with Gasteiger partial charge in [0.1, 0.15) is 10.1 Å². The number of carbonyl (C=O) groups excluding carboxylic acids is 1. The number of phosphoric acid groups is 1. The number of rotatable bonds is 4. The number of aromatic hydroxyl groups is 1. The lowest BCUT2D eigenvalue weighted by atomic mass is 10.1. The van der Waals surface area contributed by atoms with Crippen molar-refractivity contribution in [1.29, 1.82) is 0 Å². The van der Waals surface area contributed by atoms with Gasteiger partial charge in [0.15, 0.2) is 0 Å². The fraction of sp³-hybridized carbons (Fsp3) is 0.182. The molecule has 1 aliphatic rings. The second kappa shape index (κ2) is 6.45. The summed E-state index contributed by atoms with van der Waals surface area (Å²) in [6, 6.07) is 0. The summed E-state index contributed by atoms with van der Waals surface area (Å²) < 4.78 is 15.5. The Bertz CT molecular complexity index is 730. The number of phosphoric ester groups is 1. The molecule has 1 saturated heterocycles. The van der Waals surface area contributed by atoms with E-state index in [9.17, 15) is 14.5 Å². The van der Waals surface area contributed by atoms with E-state index in [4.69, 9.17) is 22.0 Å². The number of thiocarbonyl (C=S) groups is 1. The number of hydrogen-bond donors (Lipinski definition) is 4. The van der Waals surface area contributed by atoms with Crippen molar-refractivity contribution in [3.63, 3.8) is 0 Å². The molecule has 1 amide bonds. The van der Waals surface area contributed by atoms with Crippen LogP contribution in [0.4, 0.5) is 0 Å². The number of nitrogens with one attached hydrogen (secondary N) is 1. The lowest BCUT2D eigenvalue weighted by molar-refractivity contribution is -0.115. The molecule has 118 valence electrons. The summed E-state index contributed by atoms with van der Waals surface area (Å²) in [6.45, 7) is 1.08. The predicted octanol–water partition coefficient (Wildman–Crippen LogP) is 1.19. The molecule has 2 heterocycles. The van der Waals surface area contributed by atoms with E-state index in [1.807, 2.05) is 0 Å². The van der Waals surface area contributed by atoms with E-state index >= 15 is 0 Å². The van der Waals surface area contributed by atoms with Gasteiger partial charge in [0, 0.05) is 17.3 Å². The molecular weight excluding hydrogens is 351 g/mol. The molecular formula is C11H11N2O6PS2. The lowest BCUT2D eigenvalue weighted by Gasteiger charge is -2.11. The van der Waals surface area contributed by atoms with Gasteiger partial charge in [-0.15, -0.1) is 0 Å². The first-order valence-electron chi connectivity index (χ1n) is 5.80. The molecule has 0 aromatic carbocycles. The maximum absolute atomic E-state index is 11.7. The van der Waals surface area contributed by atoms with Gasteiger partial charge in [-0.05, 0) is 13.0 Å². The zero-order valence-electron chi connectivity index (χ0n) is 11.1. The third-order valence-electron chi connectivity index (χ3n) is 2.66. The van der Waals surface area contributed by atoms with Gasteiger partial charge in [0.05, 0.1) is 17.2 Å². The van der Waals surface area contributed by atoms with Gasteiger partial charge in [-0.25, -0.2) is 4.57 Å². The van der Waals surface area contributed by atoms with Crippen LogP contribution in [0.5, 0.6) is 5.75 Å². The summed E-state index contributed by atoms with van der Waals surface area (Å²) in [5.74, 6) is -0.615. The number of hydrogen-bond acceptors (Lipinski definition) is 7. The first-order chi connectivity index (χ1) is 10.2. The Morgan fingerprint density at radius 3 is 2.77 bits per heavy atom. The highest BCUT2D eigenvalue weighted by Gasteiger charge is 2.24. The van der Waals surface area contributed by atoms with Crippen LogP contribution < -0.4 is 5.32 Å². The maximum atomic E-state index is 11.7. The lowest BCUT2D eigenvalue weighted by Crippen LogP contribution is -2.17. The van der Waals surface area contributed by atoms with Crippen molar-refractivity contribution >= 4 is 48.1 Å². The Hall–Kier alpha value is -1.29. The molecule has 0 unspecified atom stereocenters. The fourth-order valence-electron chi connectivity index (χ4n) is 1.63. The van der Waals surface area contributed by atoms with Crippen LogP contribution in [-0.4, -0.2) is 30.1 Å². The van der Waals surface area contributed by atoms with Crippen LogP contribution >= 0.6 is 31.8 Å². The third kappa shape index (κ3) is 4.13. The van der Waals surface area contributed by atoms with Crippen LogP contribution in [0.25, 0.3) is 6.08 Å². The summed E-state index contributed by atoms with van der Waals surface area (Å²) in [5.41, 5.74) is 0.728. The zero-order chi connectivity index (χ0) is 16.5. The van der Waals surface area contributed by atoms with E-state index in [1.165, 1.54) is 12.3 Å². The normalized spacial score (nSPS) is 17.1. The minimum Gasteiger partial charge on any atom is -0.505 e. The van der Waals surface area contributed by atoms with Gasteiger partial charge in [-0.3, -0.25) is 14.3 Å². The van der Waals surface area contributed by atoms with Crippen molar-refractivity contribution in [2.24, 2.45) is 0 Å². The molecule has 1 fully saturated rings. The Kier molecular flexibility index (Phi) is 5.00. The quantitative estimate of drug-likeness (QED) is 0.354. The maximum Gasteiger partial charge on any atom is 0.469 e. The number of thioether (sulfide) groups is 1. The van der Waals surface area contributed by atoms with Crippen molar-refractivity contribution in [3.05, 3.63) is 27.9 Å². The van der Waals surface area contributed by atoms with E-state index in [0.717, 1.165) is 11.8 Å². The predicted molar refractivity (Wildman–Crippen MR) is 83.8 cm³/mol. The SMILES string of the molecule is Cc1ncc(COP(=O)(O)O)c(/C=C2/SC(=S)NC2=O)c1O. The van der Waals surface area contributed by atoms with Gasteiger partial charge in [0.25, 0.3) is 5.91 Å². The molecule has 4 N–H and O–H groups in total. The highest BCUT2D eigenvalue weighted by molar-refractivity contribution is 8.26. The van der Waals surface area contributed by atoms with E-state index in [1.54, 1.807) is 6.92 Å². The van der Waals surface area contributed by atoms with Crippen molar-refractivity contribution in [1.82, 2.24) is 10.3 Å². The van der Waals surface area contributed by atoms with Crippen LogP contribution in [0, 0.1) is 6.92 Å². The molecule has 8 nitrogen and oxygen atoms in total. The first kappa shape index (κ1) is 17.1. The molecule has 0 aliphatic carbocycles. The molecule has 11 heteroatoms. The molecule has 1 aliphatic heterocycles. The summed E-state index contributed by atoms with van der Waals surface area (Å²) in [7, 11) is -4.67. The molecule has 1 aromatic heterocycles. The smallest absolute Gasteiger partial charge is 0.469 e. The van der Waals surface area contributed by atoms with Crippen LogP contribution in [0.3, 0.4) is 0 Å². The number of aromatic nitrogens is 1. The van der Waals surface area contributed by atoms with Crippen LogP contribution in [0.2, 0.25) is 0 Å². The van der Waals surface area contributed by atoms with Crippen molar-refractivity contribution in [2.45, 2.75) is 13.5 Å². The molecule has 0 atom stereocenters. The molecule has 1 aromatic rings. The Morgan fingerprint density at radius 1 is 1.55 bits per heavy atom. The highest BCUT2D eigenvalue weighted by atomic mass is 32.2. The average Bonchev–Trinajstić information content (AvgIpc) is 2.71. The second-order valence-electron chi connectivity index (χ2n) is 4.25. The van der Waals surface area contributed by atoms with Gasteiger partial charge in [-0.2, -0.15) is 0 Å². The van der Waals surface area contributed by atoms with Crippen LogP contribution in [0.15, 0.2) is 11.1 Å². The zero-order valence-corrected chi connectivity index (χ0v) is 13.7. The number of amides is 1. The Labute approximate surface area is 134 Å². The first-order valence-corrected chi connectivity index (χ1v) is 8.55. The monoisotopic (exact) mass is 362 g/mol. The molecule has 0 saturated carbocycles. The number of carbonyl (C=O) groups is 1. The third-order valence-corrected chi connectivity index (χ3v) is 4.29. The van der Waals surface area contributed by atoms with Gasteiger partial charge in [-0.1, -0.05) is 24.0 Å².